The first-order valence-electron chi connectivity index (χ1n) is 2.47. The van der Waals surface area contributed by atoms with Gasteiger partial charge < -0.3 is 0 Å². The lowest BCUT2D eigenvalue weighted by atomic mass is 10.6. The molecule has 1 N–H and O–H groups in total. The summed E-state index contributed by atoms with van der Waals surface area (Å²) in [5.41, 5.74) is -0.361. The monoisotopic (exact) mass is 159 g/mol. The molecule has 0 aliphatic carbocycles. The largest absolute Gasteiger partial charge is 0.339 e. The Balaban J connectivity index is 2.99. The van der Waals surface area contributed by atoms with Crippen molar-refractivity contribution >= 4 is 5.69 Å². The number of aromatic nitrogens is 2. The van der Waals surface area contributed by atoms with Gasteiger partial charge in [-0.05, 0) is 0 Å². The van der Waals surface area contributed by atoms with E-state index in [1.807, 2.05) is 0 Å². The SMILES string of the molecule is O=[N+]([O-])c1cnn([N+](=O)O)c1. The molecular weight excluding hydrogens is 156 g/mol. The van der Waals surface area contributed by atoms with E-state index >= 15 is 0 Å². The Bertz CT molecular complexity index is 276. The third kappa shape index (κ3) is 1.28. The molecule has 0 aliphatic rings. The van der Waals surface area contributed by atoms with Crippen LogP contribution in [0.2, 0.25) is 0 Å². The molecule has 0 fully saturated rings. The second kappa shape index (κ2) is 2.33. The predicted octanol–water partition coefficient (Wildman–Crippen LogP) is -0.278. The first kappa shape index (κ1) is 7.12. The van der Waals surface area contributed by atoms with Crippen LogP contribution in [0.4, 0.5) is 5.69 Å². The summed E-state index contributed by atoms with van der Waals surface area (Å²) >= 11 is 0. The van der Waals surface area contributed by atoms with E-state index in [1.165, 1.54) is 0 Å². The molecule has 8 nitrogen and oxygen atoms in total. The zero-order valence-electron chi connectivity index (χ0n) is 5.12. The lowest BCUT2D eigenvalue weighted by Gasteiger charge is -1.77. The van der Waals surface area contributed by atoms with Crippen molar-refractivity contribution in [2.24, 2.45) is 0 Å². The van der Waals surface area contributed by atoms with Crippen LogP contribution in [-0.2, 0) is 0 Å². The van der Waals surface area contributed by atoms with Crippen molar-refractivity contribution in [3.63, 3.8) is 0 Å². The third-order valence-corrected chi connectivity index (χ3v) is 0.942. The molecule has 58 valence electrons. The lowest BCUT2D eigenvalue weighted by molar-refractivity contribution is -0.838. The molecule has 0 radical (unpaired) electrons. The molecule has 0 saturated heterocycles. The van der Waals surface area contributed by atoms with Crippen molar-refractivity contribution in [2.75, 3.05) is 0 Å². The van der Waals surface area contributed by atoms with E-state index < -0.39 is 9.96 Å². The number of nitro groups is 1. The van der Waals surface area contributed by atoms with Crippen LogP contribution in [0, 0.1) is 15.0 Å². The lowest BCUT2D eigenvalue weighted by Crippen LogP contribution is -2.10. The first-order chi connectivity index (χ1) is 5.11. The summed E-state index contributed by atoms with van der Waals surface area (Å²) in [5.74, 6) is 0. The molecule has 0 amide bonds. The number of hydrogen-bond acceptors (Lipinski definition) is 4. The predicted molar refractivity (Wildman–Crippen MR) is 29.7 cm³/mol. The van der Waals surface area contributed by atoms with Gasteiger partial charge in [0.2, 0.25) is 6.20 Å². The highest BCUT2D eigenvalue weighted by atomic mass is 16.7. The topological polar surface area (TPSA) is 101 Å². The van der Waals surface area contributed by atoms with Crippen molar-refractivity contribution in [1.82, 2.24) is 9.89 Å². The minimum atomic E-state index is -0.729. The molecule has 0 aromatic carbocycles. The van der Waals surface area contributed by atoms with Crippen molar-refractivity contribution in [3.8, 4) is 0 Å². The van der Waals surface area contributed by atoms with Gasteiger partial charge >= 0.3 is 5.69 Å². The maximum atomic E-state index is 10.0. The average Bonchev–Trinajstić information content (AvgIpc) is 2.33. The summed E-state index contributed by atoms with van der Waals surface area (Å²) < 4.78 is 0. The van der Waals surface area contributed by atoms with Crippen LogP contribution in [-0.4, -0.2) is 25.1 Å². The minimum absolute atomic E-state index is 0.361. The average molecular weight is 159 g/mol. The van der Waals surface area contributed by atoms with Gasteiger partial charge in [-0.25, -0.2) is 0 Å². The Labute approximate surface area is 59.3 Å². The molecule has 0 atom stereocenters. The van der Waals surface area contributed by atoms with Gasteiger partial charge in [-0.15, -0.1) is 0 Å². The van der Waals surface area contributed by atoms with Crippen LogP contribution in [0.25, 0.3) is 0 Å². The Morgan fingerprint density at radius 1 is 1.64 bits per heavy atom. The van der Waals surface area contributed by atoms with Gasteiger partial charge in [0.25, 0.3) is 5.03 Å². The van der Waals surface area contributed by atoms with Crippen molar-refractivity contribution < 1.29 is 15.2 Å². The van der Waals surface area contributed by atoms with E-state index in [-0.39, 0.29) is 5.69 Å². The maximum absolute atomic E-state index is 10.0. The van der Waals surface area contributed by atoms with E-state index in [1.54, 1.807) is 0 Å². The summed E-state index contributed by atoms with van der Waals surface area (Å²) in [6.45, 7) is 0. The van der Waals surface area contributed by atoms with E-state index in [0.29, 0.717) is 4.79 Å². The molecule has 0 bridgehead atoms. The van der Waals surface area contributed by atoms with Crippen LogP contribution in [0.3, 0.4) is 0 Å². The highest BCUT2D eigenvalue weighted by Gasteiger charge is 2.18. The minimum Gasteiger partial charge on any atom is -0.296 e. The molecule has 8 heteroatoms. The van der Waals surface area contributed by atoms with Gasteiger partial charge in [-0.1, -0.05) is 0 Å². The molecular formula is C3H3N4O4+. The standard InChI is InChI=1S/C3H3N4O4/c8-6(9)3-1-4-5(2-3)7(10)11/h1-2H,(H,10,11)/q+1. The van der Waals surface area contributed by atoms with Gasteiger partial charge in [-0.2, -0.15) is 0 Å². The molecule has 1 aromatic heterocycles. The molecule has 1 rings (SSSR count). The summed E-state index contributed by atoms with van der Waals surface area (Å²) in [4.78, 5) is 19.7. The second-order valence-electron chi connectivity index (χ2n) is 1.63. The van der Waals surface area contributed by atoms with Gasteiger partial charge in [0.05, 0.1) is 14.8 Å². The maximum Gasteiger partial charge on any atom is 0.339 e. The number of hydrogen-bond donors (Lipinski definition) is 1. The van der Waals surface area contributed by atoms with Crippen LogP contribution < -0.4 is 0 Å². The van der Waals surface area contributed by atoms with E-state index in [0.717, 1.165) is 12.4 Å². The van der Waals surface area contributed by atoms with Gasteiger partial charge in [0.15, 0.2) is 6.20 Å². The van der Waals surface area contributed by atoms with Gasteiger partial charge in [0, 0.05) is 4.91 Å². The normalized spacial score (nSPS) is 9.45. The fourth-order valence-electron chi connectivity index (χ4n) is 0.491. The van der Waals surface area contributed by atoms with E-state index in [2.05, 4.69) is 5.10 Å². The van der Waals surface area contributed by atoms with Crippen molar-refractivity contribution in [3.05, 3.63) is 27.4 Å². The molecule has 0 spiro atoms. The fraction of sp³-hybridized carbons (Fsp3) is 0. The Kier molecular flexibility index (Phi) is 1.51. The van der Waals surface area contributed by atoms with Crippen LogP contribution in [0.1, 0.15) is 0 Å². The molecule has 0 unspecified atom stereocenters. The van der Waals surface area contributed by atoms with E-state index in [4.69, 9.17) is 5.21 Å². The zero-order valence-corrected chi connectivity index (χ0v) is 5.12. The van der Waals surface area contributed by atoms with Crippen molar-refractivity contribution in [2.45, 2.75) is 0 Å². The summed E-state index contributed by atoms with van der Waals surface area (Å²) in [6.07, 6.45) is 1.63. The molecule has 1 heterocycles. The second-order valence-corrected chi connectivity index (χ2v) is 1.63. The smallest absolute Gasteiger partial charge is 0.296 e. The summed E-state index contributed by atoms with van der Waals surface area (Å²) in [5, 5.41) is 20.7. The number of rotatable bonds is 2. The third-order valence-electron chi connectivity index (χ3n) is 0.942. The Morgan fingerprint density at radius 2 is 2.27 bits per heavy atom. The van der Waals surface area contributed by atoms with Gasteiger partial charge in [-0.3, -0.25) is 15.3 Å². The fourth-order valence-corrected chi connectivity index (χ4v) is 0.491. The number of nitrogens with zero attached hydrogens (tertiary/aromatic N) is 4. The Hall–Kier alpha value is -1.99. The highest BCUT2D eigenvalue weighted by Crippen LogP contribution is 2.06. The Morgan fingerprint density at radius 3 is 2.55 bits per heavy atom. The molecule has 0 saturated carbocycles. The molecule has 11 heavy (non-hydrogen) atoms. The summed E-state index contributed by atoms with van der Waals surface area (Å²) in [7, 11) is 0. The first-order valence-corrected chi connectivity index (χ1v) is 2.47. The van der Waals surface area contributed by atoms with Crippen LogP contribution in [0.5, 0.6) is 0 Å². The molecule has 0 aliphatic heterocycles. The quantitative estimate of drug-likeness (QED) is 0.472. The highest BCUT2D eigenvalue weighted by molar-refractivity contribution is 5.19. The molecule has 1 aromatic rings. The van der Waals surface area contributed by atoms with Gasteiger partial charge in [0.1, 0.15) is 0 Å². The van der Waals surface area contributed by atoms with Crippen molar-refractivity contribution in [1.29, 1.82) is 0 Å². The zero-order chi connectivity index (χ0) is 8.43. The van der Waals surface area contributed by atoms with Crippen LogP contribution in [0.15, 0.2) is 12.4 Å². The summed E-state index contributed by atoms with van der Waals surface area (Å²) in [6, 6.07) is 0. The van der Waals surface area contributed by atoms with E-state index in [9.17, 15) is 15.0 Å². The van der Waals surface area contributed by atoms with Crippen LogP contribution >= 0.6 is 0 Å².